The number of nitrogens with one attached hydrogen (secondary N) is 1. The molecule has 0 atom stereocenters. The lowest BCUT2D eigenvalue weighted by Gasteiger charge is -2.02. The summed E-state index contributed by atoms with van der Waals surface area (Å²) < 4.78 is 6.09. The van der Waals surface area contributed by atoms with Crippen molar-refractivity contribution < 1.29 is 4.42 Å². The van der Waals surface area contributed by atoms with Crippen LogP contribution >= 0.6 is 0 Å². The van der Waals surface area contributed by atoms with Gasteiger partial charge in [0.15, 0.2) is 0 Å². The molecule has 1 aromatic carbocycles. The molecule has 3 rings (SSSR count). The van der Waals surface area contributed by atoms with Gasteiger partial charge in [0.2, 0.25) is 0 Å². The minimum atomic E-state index is 0.736. The topological polar surface area (TPSA) is 25.2 Å². The molecule has 0 saturated heterocycles. The Hall–Kier alpha value is -1.28. The number of rotatable bonds is 3. The lowest BCUT2D eigenvalue weighted by atomic mass is 10.00. The van der Waals surface area contributed by atoms with Gasteiger partial charge in [0.1, 0.15) is 11.3 Å². The van der Waals surface area contributed by atoms with Gasteiger partial charge >= 0.3 is 0 Å². The van der Waals surface area contributed by atoms with Gasteiger partial charge in [0, 0.05) is 10.9 Å². The van der Waals surface area contributed by atoms with Crippen LogP contribution < -0.4 is 5.32 Å². The third-order valence-corrected chi connectivity index (χ3v) is 3.68. The largest absolute Gasteiger partial charge is 0.459 e. The summed E-state index contributed by atoms with van der Waals surface area (Å²) in [6, 6.07) is 4.36. The zero-order chi connectivity index (χ0) is 12.0. The quantitative estimate of drug-likeness (QED) is 0.869. The van der Waals surface area contributed by atoms with Crippen LogP contribution in [0.1, 0.15) is 41.2 Å². The van der Waals surface area contributed by atoms with Crippen LogP contribution in [0.2, 0.25) is 0 Å². The summed E-state index contributed by atoms with van der Waals surface area (Å²) >= 11 is 0. The van der Waals surface area contributed by atoms with Gasteiger partial charge in [-0.1, -0.05) is 12.1 Å². The molecule has 1 aromatic heterocycles. The first kappa shape index (κ1) is 10.8. The molecule has 1 fully saturated rings. The molecule has 0 radical (unpaired) electrons. The summed E-state index contributed by atoms with van der Waals surface area (Å²) in [6.45, 7) is 5.15. The highest BCUT2D eigenvalue weighted by Crippen LogP contribution is 2.47. The van der Waals surface area contributed by atoms with Crippen LogP contribution in [0.15, 0.2) is 16.5 Å². The van der Waals surface area contributed by atoms with Crippen molar-refractivity contribution in [3.8, 4) is 0 Å². The first-order valence-corrected chi connectivity index (χ1v) is 6.38. The summed E-state index contributed by atoms with van der Waals surface area (Å²) in [5.41, 5.74) is 5.15. The first-order valence-electron chi connectivity index (χ1n) is 6.38. The number of hydrogen-bond acceptors (Lipinski definition) is 2. The van der Waals surface area contributed by atoms with Crippen molar-refractivity contribution in [1.82, 2.24) is 5.32 Å². The molecule has 0 aliphatic heterocycles. The highest BCUT2D eigenvalue weighted by atomic mass is 16.3. The van der Waals surface area contributed by atoms with Crippen LogP contribution in [0.4, 0.5) is 0 Å². The van der Waals surface area contributed by atoms with Crippen molar-refractivity contribution in [2.45, 2.75) is 39.2 Å². The maximum absolute atomic E-state index is 6.09. The van der Waals surface area contributed by atoms with E-state index in [4.69, 9.17) is 4.42 Å². The first-order chi connectivity index (χ1) is 8.22. The average molecular weight is 229 g/mol. The number of benzene rings is 1. The second kappa shape index (κ2) is 3.88. The summed E-state index contributed by atoms with van der Waals surface area (Å²) in [7, 11) is 1.98. The van der Waals surface area contributed by atoms with Gasteiger partial charge in [-0.2, -0.15) is 0 Å². The molecular weight excluding hydrogens is 210 g/mol. The molecule has 0 spiro atoms. The fourth-order valence-electron chi connectivity index (χ4n) is 2.66. The van der Waals surface area contributed by atoms with E-state index in [1.807, 2.05) is 7.05 Å². The van der Waals surface area contributed by atoms with Gasteiger partial charge in [-0.15, -0.1) is 0 Å². The monoisotopic (exact) mass is 229 g/mol. The molecule has 1 saturated carbocycles. The van der Waals surface area contributed by atoms with Crippen molar-refractivity contribution in [2.75, 3.05) is 7.05 Å². The maximum atomic E-state index is 6.09. The normalized spacial score (nSPS) is 15.7. The molecule has 0 unspecified atom stereocenters. The Balaban J connectivity index is 2.30. The molecule has 1 heterocycles. The second-order valence-corrected chi connectivity index (χ2v) is 5.15. The minimum Gasteiger partial charge on any atom is -0.459 e. The van der Waals surface area contributed by atoms with E-state index in [1.54, 1.807) is 0 Å². The minimum absolute atomic E-state index is 0.736. The van der Waals surface area contributed by atoms with Crippen molar-refractivity contribution in [1.29, 1.82) is 0 Å². The van der Waals surface area contributed by atoms with Gasteiger partial charge in [-0.05, 0) is 50.8 Å². The van der Waals surface area contributed by atoms with Crippen LogP contribution in [-0.4, -0.2) is 7.05 Å². The molecule has 0 amide bonds. The van der Waals surface area contributed by atoms with Crippen molar-refractivity contribution in [3.05, 3.63) is 34.6 Å². The molecule has 17 heavy (non-hydrogen) atoms. The van der Waals surface area contributed by atoms with Gasteiger partial charge in [0.25, 0.3) is 0 Å². The molecular formula is C15H19NO. The number of aryl methyl sites for hydroxylation is 2. The van der Waals surface area contributed by atoms with E-state index in [-0.39, 0.29) is 0 Å². The van der Waals surface area contributed by atoms with Crippen LogP contribution in [0.3, 0.4) is 0 Å². The van der Waals surface area contributed by atoms with E-state index in [2.05, 4.69) is 31.3 Å². The summed E-state index contributed by atoms with van der Waals surface area (Å²) in [4.78, 5) is 0. The fraction of sp³-hybridized carbons (Fsp3) is 0.467. The molecule has 0 bridgehead atoms. The Bertz CT molecular complexity index is 564. The molecule has 1 aliphatic rings. The standard InChI is InChI=1S/C15H19NO/c1-9-4-5-10(2)15-13(9)14(11-6-7-11)12(17-15)8-16-3/h4-5,11,16H,6-8H2,1-3H3. The van der Waals surface area contributed by atoms with E-state index in [0.717, 1.165) is 23.8 Å². The summed E-state index contributed by atoms with van der Waals surface area (Å²) in [6.07, 6.45) is 2.64. The molecule has 1 N–H and O–H groups in total. The van der Waals surface area contributed by atoms with Crippen molar-refractivity contribution in [3.63, 3.8) is 0 Å². The SMILES string of the molecule is CNCc1oc2c(C)ccc(C)c2c1C1CC1. The van der Waals surface area contributed by atoms with E-state index in [9.17, 15) is 0 Å². The third kappa shape index (κ3) is 1.67. The van der Waals surface area contributed by atoms with Gasteiger partial charge in [-0.25, -0.2) is 0 Å². The maximum Gasteiger partial charge on any atom is 0.137 e. The number of furan rings is 1. The van der Waals surface area contributed by atoms with Crippen LogP contribution in [-0.2, 0) is 6.54 Å². The number of hydrogen-bond donors (Lipinski definition) is 1. The van der Waals surface area contributed by atoms with E-state index in [0.29, 0.717) is 0 Å². The zero-order valence-corrected chi connectivity index (χ0v) is 10.8. The molecule has 2 heteroatoms. The van der Waals surface area contributed by atoms with Gasteiger partial charge in [-0.3, -0.25) is 0 Å². The van der Waals surface area contributed by atoms with E-state index < -0.39 is 0 Å². The number of fused-ring (bicyclic) bond motifs is 1. The van der Waals surface area contributed by atoms with Gasteiger partial charge < -0.3 is 9.73 Å². The highest BCUT2D eigenvalue weighted by molar-refractivity contribution is 5.89. The fourth-order valence-corrected chi connectivity index (χ4v) is 2.66. The van der Waals surface area contributed by atoms with Gasteiger partial charge in [0.05, 0.1) is 6.54 Å². The summed E-state index contributed by atoms with van der Waals surface area (Å²) in [5.74, 6) is 1.88. The summed E-state index contributed by atoms with van der Waals surface area (Å²) in [5, 5.41) is 4.59. The molecule has 2 aromatic rings. The molecule has 2 nitrogen and oxygen atoms in total. The van der Waals surface area contributed by atoms with E-state index >= 15 is 0 Å². The predicted molar refractivity (Wildman–Crippen MR) is 70.4 cm³/mol. The molecule has 1 aliphatic carbocycles. The van der Waals surface area contributed by atoms with Crippen LogP contribution in [0.25, 0.3) is 11.0 Å². The third-order valence-electron chi connectivity index (χ3n) is 3.68. The van der Waals surface area contributed by atoms with Crippen molar-refractivity contribution >= 4 is 11.0 Å². The van der Waals surface area contributed by atoms with Crippen LogP contribution in [0, 0.1) is 13.8 Å². The predicted octanol–water partition coefficient (Wildman–Crippen LogP) is 3.65. The lowest BCUT2D eigenvalue weighted by Crippen LogP contribution is -2.05. The van der Waals surface area contributed by atoms with Crippen LogP contribution in [0.5, 0.6) is 0 Å². The van der Waals surface area contributed by atoms with Crippen molar-refractivity contribution in [2.24, 2.45) is 0 Å². The zero-order valence-electron chi connectivity index (χ0n) is 10.8. The Morgan fingerprint density at radius 3 is 2.59 bits per heavy atom. The lowest BCUT2D eigenvalue weighted by molar-refractivity contribution is 0.522. The Morgan fingerprint density at radius 1 is 1.24 bits per heavy atom. The highest BCUT2D eigenvalue weighted by Gasteiger charge is 2.31. The Labute approximate surface area is 102 Å². The van der Waals surface area contributed by atoms with E-state index in [1.165, 1.54) is 34.9 Å². The Kier molecular flexibility index (Phi) is 2.48. The average Bonchev–Trinajstić information content (AvgIpc) is 3.06. The smallest absolute Gasteiger partial charge is 0.137 e. The Morgan fingerprint density at radius 2 is 1.94 bits per heavy atom. The molecule has 90 valence electrons. The second-order valence-electron chi connectivity index (χ2n) is 5.15.